The summed E-state index contributed by atoms with van der Waals surface area (Å²) in [7, 11) is 0. The van der Waals surface area contributed by atoms with Crippen LogP contribution in [0, 0.1) is 20.8 Å². The lowest BCUT2D eigenvalue weighted by molar-refractivity contribution is 0.0817. The zero-order valence-corrected chi connectivity index (χ0v) is 16.1. The van der Waals surface area contributed by atoms with Crippen LogP contribution in [-0.4, -0.2) is 17.5 Å². The largest absolute Gasteiger partial charge is 0.322 e. The van der Waals surface area contributed by atoms with Crippen LogP contribution in [-0.2, 0) is 0 Å². The quantitative estimate of drug-likeness (QED) is 0.511. The van der Waals surface area contributed by atoms with Crippen molar-refractivity contribution in [1.82, 2.24) is 0 Å². The van der Waals surface area contributed by atoms with Gasteiger partial charge in [0.1, 0.15) is 0 Å². The van der Waals surface area contributed by atoms with Crippen molar-refractivity contribution in [1.29, 1.82) is 0 Å². The molecule has 0 spiro atoms. The molecule has 0 unspecified atom stereocenters. The van der Waals surface area contributed by atoms with Crippen molar-refractivity contribution in [3.8, 4) is 0 Å². The smallest absolute Gasteiger partial charge is 0.255 e. The Kier molecular flexibility index (Phi) is 5.50. The average Bonchev–Trinajstić information content (AvgIpc) is 2.70. The lowest BCUT2D eigenvalue weighted by Crippen LogP contribution is -2.16. The Balaban J connectivity index is 1.76. The van der Waals surface area contributed by atoms with Gasteiger partial charge in [0, 0.05) is 22.4 Å². The lowest BCUT2D eigenvalue weighted by atomic mass is 10.0. The number of carbonyl (C=O) groups excluding carboxylic acids is 3. The summed E-state index contributed by atoms with van der Waals surface area (Å²) in [6, 6.07) is 18.6. The molecule has 0 atom stereocenters. The van der Waals surface area contributed by atoms with Crippen LogP contribution < -0.4 is 5.32 Å². The van der Waals surface area contributed by atoms with Crippen molar-refractivity contribution in [3.63, 3.8) is 0 Å². The van der Waals surface area contributed by atoms with Gasteiger partial charge in [-0.1, -0.05) is 60.2 Å². The highest BCUT2D eigenvalue weighted by Gasteiger charge is 2.18. The fraction of sp³-hybridized carbons (Fsp3) is 0.125. The summed E-state index contributed by atoms with van der Waals surface area (Å²) in [6.45, 7) is 5.91. The van der Waals surface area contributed by atoms with E-state index < -0.39 is 11.6 Å². The fourth-order valence-corrected chi connectivity index (χ4v) is 3.19. The van der Waals surface area contributed by atoms with E-state index in [2.05, 4.69) is 5.32 Å². The molecule has 0 aliphatic heterocycles. The monoisotopic (exact) mass is 371 g/mol. The van der Waals surface area contributed by atoms with Gasteiger partial charge in [-0.15, -0.1) is 0 Å². The molecule has 0 fully saturated rings. The van der Waals surface area contributed by atoms with Crippen LogP contribution in [0.25, 0.3) is 0 Å². The summed E-state index contributed by atoms with van der Waals surface area (Å²) in [5.41, 5.74) is 4.93. The Morgan fingerprint density at radius 2 is 1.11 bits per heavy atom. The Bertz CT molecular complexity index is 1030. The Morgan fingerprint density at radius 1 is 0.643 bits per heavy atom. The van der Waals surface area contributed by atoms with Gasteiger partial charge in [0.25, 0.3) is 5.91 Å². The number of hydrogen-bond acceptors (Lipinski definition) is 3. The summed E-state index contributed by atoms with van der Waals surface area (Å²) in [5.74, 6) is -1.42. The zero-order chi connectivity index (χ0) is 20.3. The molecule has 0 radical (unpaired) electrons. The first kappa shape index (κ1) is 19.2. The van der Waals surface area contributed by atoms with Crippen LogP contribution in [0.2, 0.25) is 0 Å². The van der Waals surface area contributed by atoms with E-state index in [9.17, 15) is 14.4 Å². The number of amides is 1. The molecular formula is C24H21NO3. The first-order chi connectivity index (χ1) is 13.4. The minimum absolute atomic E-state index is 0.258. The van der Waals surface area contributed by atoms with Crippen molar-refractivity contribution in [3.05, 3.63) is 100 Å². The van der Waals surface area contributed by atoms with E-state index in [1.54, 1.807) is 42.5 Å². The third-order valence-corrected chi connectivity index (χ3v) is 4.57. The molecule has 4 nitrogen and oxygen atoms in total. The van der Waals surface area contributed by atoms with Crippen molar-refractivity contribution >= 4 is 23.2 Å². The maximum Gasteiger partial charge on any atom is 0.255 e. The van der Waals surface area contributed by atoms with Crippen LogP contribution in [0.5, 0.6) is 0 Å². The predicted molar refractivity (Wildman–Crippen MR) is 110 cm³/mol. The van der Waals surface area contributed by atoms with Gasteiger partial charge in [0.05, 0.1) is 0 Å². The third kappa shape index (κ3) is 4.07. The van der Waals surface area contributed by atoms with Crippen molar-refractivity contribution in [2.75, 3.05) is 5.32 Å². The van der Waals surface area contributed by atoms with Crippen molar-refractivity contribution < 1.29 is 14.4 Å². The van der Waals surface area contributed by atoms with Gasteiger partial charge in [-0.25, -0.2) is 0 Å². The van der Waals surface area contributed by atoms with Crippen LogP contribution in [0.3, 0.4) is 0 Å². The molecule has 4 heteroatoms. The number of hydrogen-bond donors (Lipinski definition) is 1. The molecule has 0 aliphatic rings. The second kappa shape index (κ2) is 8.01. The molecule has 0 heterocycles. The highest BCUT2D eigenvalue weighted by atomic mass is 16.2. The molecule has 0 aliphatic carbocycles. The summed E-state index contributed by atoms with van der Waals surface area (Å²) in [5, 5.41) is 2.93. The second-order valence-electron chi connectivity index (χ2n) is 6.83. The van der Waals surface area contributed by atoms with Gasteiger partial charge < -0.3 is 5.32 Å². The van der Waals surface area contributed by atoms with Gasteiger partial charge in [-0.2, -0.15) is 0 Å². The molecule has 0 bridgehead atoms. The van der Waals surface area contributed by atoms with E-state index in [1.165, 1.54) is 12.1 Å². The summed E-state index contributed by atoms with van der Waals surface area (Å²) < 4.78 is 0. The number of nitrogens with one attached hydrogen (secondary N) is 1. The molecule has 140 valence electrons. The average molecular weight is 371 g/mol. The number of aryl methyl sites for hydroxylation is 3. The Morgan fingerprint density at radius 3 is 1.64 bits per heavy atom. The number of Topliss-reactive ketones (excluding diaryl/α,β-unsaturated/α-hetero) is 2. The summed E-state index contributed by atoms with van der Waals surface area (Å²) in [4.78, 5) is 37.2. The van der Waals surface area contributed by atoms with E-state index in [-0.39, 0.29) is 11.5 Å². The SMILES string of the molecule is Cc1cc(C)c(NC(=O)c2ccc(C(=O)C(=O)c3ccccc3)cc2)c(C)c1. The summed E-state index contributed by atoms with van der Waals surface area (Å²) >= 11 is 0. The first-order valence-electron chi connectivity index (χ1n) is 9.00. The zero-order valence-electron chi connectivity index (χ0n) is 16.1. The minimum Gasteiger partial charge on any atom is -0.322 e. The van der Waals surface area contributed by atoms with E-state index in [1.807, 2.05) is 32.9 Å². The Hall–Kier alpha value is -3.53. The molecule has 3 rings (SSSR count). The maximum atomic E-state index is 12.6. The molecule has 28 heavy (non-hydrogen) atoms. The Labute approximate surface area is 164 Å². The van der Waals surface area contributed by atoms with Crippen molar-refractivity contribution in [2.45, 2.75) is 20.8 Å². The highest BCUT2D eigenvalue weighted by Crippen LogP contribution is 2.22. The maximum absolute atomic E-state index is 12.6. The highest BCUT2D eigenvalue weighted by molar-refractivity contribution is 6.49. The number of rotatable bonds is 5. The molecule has 0 saturated carbocycles. The number of ketones is 2. The van der Waals surface area contributed by atoms with Gasteiger partial charge in [-0.05, 0) is 44.0 Å². The van der Waals surface area contributed by atoms with E-state index in [4.69, 9.17) is 0 Å². The van der Waals surface area contributed by atoms with Gasteiger partial charge in [-0.3, -0.25) is 14.4 Å². The van der Waals surface area contributed by atoms with Crippen LogP contribution >= 0.6 is 0 Å². The number of carbonyl (C=O) groups is 3. The van der Waals surface area contributed by atoms with E-state index >= 15 is 0 Å². The summed E-state index contributed by atoms with van der Waals surface area (Å²) in [6.07, 6.45) is 0. The normalized spacial score (nSPS) is 10.4. The molecule has 0 saturated heterocycles. The second-order valence-corrected chi connectivity index (χ2v) is 6.83. The molecular weight excluding hydrogens is 350 g/mol. The van der Waals surface area contributed by atoms with Gasteiger partial charge in [0.2, 0.25) is 11.6 Å². The predicted octanol–water partition coefficient (Wildman–Crippen LogP) is 4.93. The first-order valence-corrected chi connectivity index (χ1v) is 9.00. The molecule has 3 aromatic carbocycles. The topological polar surface area (TPSA) is 63.2 Å². The molecule has 1 N–H and O–H groups in total. The molecule has 1 amide bonds. The number of anilines is 1. The van der Waals surface area contributed by atoms with Crippen molar-refractivity contribution in [2.24, 2.45) is 0 Å². The van der Waals surface area contributed by atoms with Crippen LogP contribution in [0.4, 0.5) is 5.69 Å². The van der Waals surface area contributed by atoms with Crippen LogP contribution in [0.1, 0.15) is 47.8 Å². The standard InChI is InChI=1S/C24H21NO3/c1-15-13-16(2)21(17(3)14-15)25-24(28)20-11-9-19(10-12-20)23(27)22(26)18-7-5-4-6-8-18/h4-14H,1-3H3,(H,25,28). The van der Waals surface area contributed by atoms with E-state index in [0.29, 0.717) is 11.1 Å². The molecule has 3 aromatic rings. The molecule has 0 aromatic heterocycles. The van der Waals surface area contributed by atoms with E-state index in [0.717, 1.165) is 22.4 Å². The fourth-order valence-electron chi connectivity index (χ4n) is 3.19. The van der Waals surface area contributed by atoms with Crippen LogP contribution in [0.15, 0.2) is 66.7 Å². The minimum atomic E-state index is -0.594. The van der Waals surface area contributed by atoms with Gasteiger partial charge >= 0.3 is 0 Å². The lowest BCUT2D eigenvalue weighted by Gasteiger charge is -2.13. The van der Waals surface area contributed by atoms with Gasteiger partial charge in [0.15, 0.2) is 0 Å². The third-order valence-electron chi connectivity index (χ3n) is 4.57. The number of benzene rings is 3.